The molecule has 0 N–H and O–H groups in total. The van der Waals surface area contributed by atoms with E-state index < -0.39 is 0 Å². The van der Waals surface area contributed by atoms with Gasteiger partial charge in [0, 0.05) is 35.0 Å². The summed E-state index contributed by atoms with van der Waals surface area (Å²) in [5.41, 5.74) is 2.96. The van der Waals surface area contributed by atoms with Gasteiger partial charge in [-0.3, -0.25) is 4.79 Å². The van der Waals surface area contributed by atoms with Crippen LogP contribution in [0.15, 0.2) is 82.2 Å². The standard InChI is InChI=1S/C25H22FN3OS2/c1-2-28-15-24(19-6-3-4-7-21(19)28)32-16-25(30)29-22(17-9-11-18(26)12-10-17)14-20(27-29)23-8-5-13-31-23/h3-13,15,22H,2,14,16H2,1H3/t22-/m1/s1. The predicted octanol–water partition coefficient (Wildman–Crippen LogP) is 6.33. The van der Waals surface area contributed by atoms with Crippen LogP contribution in [0.1, 0.15) is 29.8 Å². The number of aryl methyl sites for hydroxylation is 1. The van der Waals surface area contributed by atoms with E-state index in [1.807, 2.05) is 29.6 Å². The lowest BCUT2D eigenvalue weighted by atomic mass is 10.0. The van der Waals surface area contributed by atoms with Gasteiger partial charge in [0.05, 0.1) is 22.4 Å². The minimum absolute atomic E-state index is 0.0517. The number of carbonyl (C=O) groups excluding carboxylic acids is 1. The number of hydrazone groups is 1. The van der Waals surface area contributed by atoms with Gasteiger partial charge in [0.15, 0.2) is 0 Å². The third-order valence-electron chi connectivity index (χ3n) is 5.67. The van der Waals surface area contributed by atoms with E-state index in [9.17, 15) is 9.18 Å². The Bertz CT molecular complexity index is 1280. The molecule has 32 heavy (non-hydrogen) atoms. The molecule has 4 nitrogen and oxygen atoms in total. The quantitative estimate of drug-likeness (QED) is 0.313. The fraction of sp³-hybridized carbons (Fsp3) is 0.200. The monoisotopic (exact) mass is 463 g/mol. The summed E-state index contributed by atoms with van der Waals surface area (Å²) in [5.74, 6) is -0.0486. The van der Waals surface area contributed by atoms with Crippen molar-refractivity contribution in [3.05, 3.63) is 88.5 Å². The highest BCUT2D eigenvalue weighted by atomic mass is 32.2. The van der Waals surface area contributed by atoms with E-state index in [-0.39, 0.29) is 23.5 Å². The lowest BCUT2D eigenvalue weighted by Gasteiger charge is -2.22. The molecule has 0 spiro atoms. The van der Waals surface area contributed by atoms with Gasteiger partial charge in [-0.25, -0.2) is 9.40 Å². The maximum atomic E-state index is 13.5. The molecule has 0 aliphatic carbocycles. The average Bonchev–Trinajstić information content (AvgIpc) is 3.56. The molecule has 1 aliphatic heterocycles. The number of amides is 1. The Morgan fingerprint density at radius 1 is 1.16 bits per heavy atom. The van der Waals surface area contributed by atoms with Crippen molar-refractivity contribution in [1.82, 2.24) is 9.58 Å². The molecular weight excluding hydrogens is 441 g/mol. The molecule has 0 bridgehead atoms. The van der Waals surface area contributed by atoms with E-state index in [0.29, 0.717) is 6.42 Å². The Morgan fingerprint density at radius 3 is 2.72 bits per heavy atom. The van der Waals surface area contributed by atoms with Crippen LogP contribution in [0.3, 0.4) is 0 Å². The third kappa shape index (κ3) is 3.98. The van der Waals surface area contributed by atoms with E-state index >= 15 is 0 Å². The number of fused-ring (bicyclic) bond motifs is 1. The first kappa shape index (κ1) is 21.0. The largest absolute Gasteiger partial charge is 0.347 e. The lowest BCUT2D eigenvalue weighted by Crippen LogP contribution is -2.28. The fourth-order valence-electron chi connectivity index (χ4n) is 4.07. The number of hydrogen-bond acceptors (Lipinski definition) is 4. The molecule has 0 saturated heterocycles. The molecular formula is C25H22FN3OS2. The van der Waals surface area contributed by atoms with Crippen molar-refractivity contribution < 1.29 is 9.18 Å². The van der Waals surface area contributed by atoms with Crippen molar-refractivity contribution >= 4 is 45.6 Å². The predicted molar refractivity (Wildman–Crippen MR) is 130 cm³/mol. The van der Waals surface area contributed by atoms with Crippen LogP contribution in [0.25, 0.3) is 10.9 Å². The zero-order valence-electron chi connectivity index (χ0n) is 17.6. The Labute approximate surface area is 194 Å². The minimum Gasteiger partial charge on any atom is -0.347 e. The van der Waals surface area contributed by atoms with Crippen LogP contribution in [0.2, 0.25) is 0 Å². The number of nitrogens with zero attached hydrogens (tertiary/aromatic N) is 3. The van der Waals surface area contributed by atoms with E-state index in [1.54, 1.807) is 40.2 Å². The van der Waals surface area contributed by atoms with Crippen LogP contribution in [-0.4, -0.2) is 26.9 Å². The zero-order chi connectivity index (χ0) is 22.1. The van der Waals surface area contributed by atoms with Gasteiger partial charge in [-0.15, -0.1) is 23.1 Å². The molecule has 1 amide bonds. The van der Waals surface area contributed by atoms with Crippen molar-refractivity contribution in [2.45, 2.75) is 30.8 Å². The van der Waals surface area contributed by atoms with Crippen molar-refractivity contribution in [3.63, 3.8) is 0 Å². The third-order valence-corrected chi connectivity index (χ3v) is 7.62. The summed E-state index contributed by atoms with van der Waals surface area (Å²) < 4.78 is 15.7. The lowest BCUT2D eigenvalue weighted by molar-refractivity contribution is -0.130. The second kappa shape index (κ2) is 8.92. The van der Waals surface area contributed by atoms with Gasteiger partial charge in [-0.2, -0.15) is 5.10 Å². The highest BCUT2D eigenvalue weighted by molar-refractivity contribution is 8.00. The first-order valence-electron chi connectivity index (χ1n) is 10.5. The van der Waals surface area contributed by atoms with Crippen LogP contribution in [0.4, 0.5) is 4.39 Å². The van der Waals surface area contributed by atoms with E-state index in [4.69, 9.17) is 5.10 Å². The molecule has 7 heteroatoms. The summed E-state index contributed by atoms with van der Waals surface area (Å²) in [4.78, 5) is 15.5. The molecule has 3 heterocycles. The first-order valence-corrected chi connectivity index (χ1v) is 12.4. The van der Waals surface area contributed by atoms with Crippen molar-refractivity contribution in [1.29, 1.82) is 0 Å². The van der Waals surface area contributed by atoms with Gasteiger partial charge >= 0.3 is 0 Å². The molecule has 1 aliphatic rings. The van der Waals surface area contributed by atoms with Crippen LogP contribution in [-0.2, 0) is 11.3 Å². The Kier molecular flexibility index (Phi) is 5.85. The molecule has 4 aromatic rings. The first-order chi connectivity index (χ1) is 15.6. The fourth-order valence-corrected chi connectivity index (χ4v) is 5.73. The van der Waals surface area contributed by atoms with Crippen molar-refractivity contribution in [3.8, 4) is 0 Å². The summed E-state index contributed by atoms with van der Waals surface area (Å²) in [6.45, 7) is 2.99. The van der Waals surface area contributed by atoms with Gasteiger partial charge in [-0.05, 0) is 42.1 Å². The van der Waals surface area contributed by atoms with Crippen molar-refractivity contribution in [2.75, 3.05) is 5.75 Å². The van der Waals surface area contributed by atoms with Gasteiger partial charge in [-0.1, -0.05) is 36.4 Å². The number of rotatable bonds is 6. The summed E-state index contributed by atoms with van der Waals surface area (Å²) in [6.07, 6.45) is 2.74. The minimum atomic E-state index is -0.285. The van der Waals surface area contributed by atoms with Crippen LogP contribution in [0.5, 0.6) is 0 Å². The smallest absolute Gasteiger partial charge is 0.253 e. The topological polar surface area (TPSA) is 37.6 Å². The maximum absolute atomic E-state index is 13.5. The summed E-state index contributed by atoms with van der Waals surface area (Å²) in [6, 6.07) is 18.4. The van der Waals surface area contributed by atoms with Crippen molar-refractivity contribution in [2.24, 2.45) is 5.10 Å². The number of halogens is 1. The molecule has 2 aromatic heterocycles. The summed E-state index contributed by atoms with van der Waals surface area (Å²) >= 11 is 3.15. The molecule has 2 aromatic carbocycles. The molecule has 0 unspecified atom stereocenters. The molecule has 162 valence electrons. The highest BCUT2D eigenvalue weighted by Crippen LogP contribution is 2.36. The van der Waals surface area contributed by atoms with E-state index in [1.165, 1.54) is 17.6 Å². The number of carbonyl (C=O) groups is 1. The van der Waals surface area contributed by atoms with Crippen LogP contribution >= 0.6 is 23.1 Å². The Morgan fingerprint density at radius 2 is 1.97 bits per heavy atom. The number of thiophene rings is 1. The molecule has 0 saturated carbocycles. The molecule has 0 fully saturated rings. The van der Waals surface area contributed by atoms with Gasteiger partial charge in [0.2, 0.25) is 0 Å². The SMILES string of the molecule is CCn1cc(SCC(=O)N2N=C(c3cccs3)C[C@@H]2c2ccc(F)cc2)c2ccccc21. The van der Waals surface area contributed by atoms with Gasteiger partial charge < -0.3 is 4.57 Å². The van der Waals surface area contributed by atoms with Gasteiger partial charge in [0.1, 0.15) is 5.82 Å². The number of benzene rings is 2. The second-order valence-electron chi connectivity index (χ2n) is 7.62. The number of hydrogen-bond donors (Lipinski definition) is 0. The van der Waals surface area contributed by atoms with Gasteiger partial charge in [0.25, 0.3) is 5.91 Å². The summed E-state index contributed by atoms with van der Waals surface area (Å²) in [5, 5.41) is 9.46. The summed E-state index contributed by atoms with van der Waals surface area (Å²) in [7, 11) is 0. The van der Waals surface area contributed by atoms with E-state index in [2.05, 4.69) is 29.8 Å². The average molecular weight is 464 g/mol. The molecule has 1 atom stereocenters. The maximum Gasteiger partial charge on any atom is 0.253 e. The second-order valence-corrected chi connectivity index (χ2v) is 9.58. The Hall–Kier alpha value is -2.90. The number of aromatic nitrogens is 1. The number of para-hydroxylation sites is 1. The molecule has 5 rings (SSSR count). The normalized spacial score (nSPS) is 16.0. The zero-order valence-corrected chi connectivity index (χ0v) is 19.2. The Balaban J connectivity index is 1.40. The number of thioether (sulfide) groups is 1. The molecule has 0 radical (unpaired) electrons. The van der Waals surface area contributed by atoms with Crippen LogP contribution in [0, 0.1) is 5.82 Å². The van der Waals surface area contributed by atoms with E-state index in [0.717, 1.165) is 33.0 Å². The highest BCUT2D eigenvalue weighted by Gasteiger charge is 2.33. The van der Waals surface area contributed by atoms with Crippen LogP contribution < -0.4 is 0 Å².